The van der Waals surface area contributed by atoms with Gasteiger partial charge in [-0.1, -0.05) is 31.5 Å². The molecule has 0 bridgehead atoms. The summed E-state index contributed by atoms with van der Waals surface area (Å²) in [7, 11) is 0. The van der Waals surface area contributed by atoms with Gasteiger partial charge in [-0.2, -0.15) is 10.2 Å². The van der Waals surface area contributed by atoms with Crippen molar-refractivity contribution in [1.29, 1.82) is 0 Å². The predicted molar refractivity (Wildman–Crippen MR) is 115 cm³/mol. The van der Waals surface area contributed by atoms with Gasteiger partial charge in [0.15, 0.2) is 16.5 Å². The number of aromatic nitrogens is 3. The molecule has 1 aromatic carbocycles. The summed E-state index contributed by atoms with van der Waals surface area (Å²) in [6.45, 7) is 5.15. The highest BCUT2D eigenvalue weighted by Crippen LogP contribution is 2.28. The molecule has 0 saturated heterocycles. The van der Waals surface area contributed by atoms with Crippen LogP contribution in [0.3, 0.4) is 0 Å². The zero-order valence-corrected chi connectivity index (χ0v) is 17.7. The van der Waals surface area contributed by atoms with Gasteiger partial charge in [-0.05, 0) is 37.1 Å². The average Bonchev–Trinajstić information content (AvgIpc) is 2.72. The first kappa shape index (κ1) is 23.2. The largest absolute Gasteiger partial charge is 0.490 e. The van der Waals surface area contributed by atoms with Crippen LogP contribution in [-0.4, -0.2) is 46.3 Å². The maximum absolute atomic E-state index is 11.9. The lowest BCUT2D eigenvalue weighted by atomic mass is 10.2. The quantitative estimate of drug-likeness (QED) is 0.199. The van der Waals surface area contributed by atoms with E-state index in [0.717, 1.165) is 36.6 Å². The molecule has 0 aliphatic carbocycles. The summed E-state index contributed by atoms with van der Waals surface area (Å²) in [5, 5.41) is 9.58. The van der Waals surface area contributed by atoms with Crippen molar-refractivity contribution in [3.63, 3.8) is 0 Å². The van der Waals surface area contributed by atoms with Crippen LogP contribution in [0.5, 0.6) is 11.5 Å². The number of amides is 1. The van der Waals surface area contributed by atoms with E-state index in [-0.39, 0.29) is 10.8 Å². The lowest BCUT2D eigenvalue weighted by Gasteiger charge is -2.12. The van der Waals surface area contributed by atoms with Crippen molar-refractivity contribution in [2.75, 3.05) is 19.0 Å². The van der Waals surface area contributed by atoms with Gasteiger partial charge in [0.05, 0.1) is 25.2 Å². The van der Waals surface area contributed by atoms with Crippen LogP contribution in [0.2, 0.25) is 0 Å². The second-order valence-electron chi connectivity index (χ2n) is 6.09. The Kier molecular flexibility index (Phi) is 9.65. The number of carbonyl (C=O) groups is 1. The Morgan fingerprint density at radius 3 is 2.80 bits per heavy atom. The second kappa shape index (κ2) is 12.5. The fourth-order valence-electron chi connectivity index (χ4n) is 2.31. The van der Waals surface area contributed by atoms with Gasteiger partial charge in [-0.3, -0.25) is 14.6 Å². The Morgan fingerprint density at radius 1 is 1.23 bits per heavy atom. The average molecular weight is 436 g/mol. The van der Waals surface area contributed by atoms with Gasteiger partial charge in [-0.25, -0.2) is 15.3 Å². The number of carbonyl (C=O) groups excluding carboxylic acids is 1. The number of unbranched alkanes of at least 4 members (excludes halogenated alkanes) is 2. The van der Waals surface area contributed by atoms with Gasteiger partial charge >= 0.3 is 5.69 Å². The van der Waals surface area contributed by atoms with E-state index in [9.17, 15) is 14.4 Å². The van der Waals surface area contributed by atoms with Crippen LogP contribution in [0, 0.1) is 0 Å². The van der Waals surface area contributed by atoms with Gasteiger partial charge in [0.2, 0.25) is 5.91 Å². The Morgan fingerprint density at radius 2 is 2.07 bits per heavy atom. The summed E-state index contributed by atoms with van der Waals surface area (Å²) in [5.41, 5.74) is 1.74. The smallest absolute Gasteiger partial charge is 0.342 e. The molecule has 1 heterocycles. The van der Waals surface area contributed by atoms with Crippen LogP contribution in [0.25, 0.3) is 0 Å². The van der Waals surface area contributed by atoms with E-state index in [1.807, 2.05) is 24.0 Å². The van der Waals surface area contributed by atoms with Crippen LogP contribution < -0.4 is 26.1 Å². The van der Waals surface area contributed by atoms with Gasteiger partial charge < -0.3 is 9.47 Å². The van der Waals surface area contributed by atoms with Crippen LogP contribution in [0.15, 0.2) is 37.9 Å². The maximum Gasteiger partial charge on any atom is 0.342 e. The number of hydrogen-bond acceptors (Lipinski definition) is 8. The van der Waals surface area contributed by atoms with Crippen molar-refractivity contribution < 1.29 is 14.3 Å². The molecule has 30 heavy (non-hydrogen) atoms. The molecule has 1 amide bonds. The summed E-state index contributed by atoms with van der Waals surface area (Å²) in [6, 6.07) is 5.41. The minimum absolute atomic E-state index is 0.00962. The molecule has 3 N–H and O–H groups in total. The Hall–Kier alpha value is -3.08. The molecule has 0 saturated carbocycles. The molecule has 10 nitrogen and oxygen atoms in total. The van der Waals surface area contributed by atoms with E-state index >= 15 is 0 Å². The van der Waals surface area contributed by atoms with E-state index in [4.69, 9.17) is 9.47 Å². The zero-order valence-electron chi connectivity index (χ0n) is 16.9. The molecule has 11 heteroatoms. The van der Waals surface area contributed by atoms with Crippen LogP contribution >= 0.6 is 11.8 Å². The minimum Gasteiger partial charge on any atom is -0.490 e. The van der Waals surface area contributed by atoms with Gasteiger partial charge in [-0.15, -0.1) is 0 Å². The summed E-state index contributed by atoms with van der Waals surface area (Å²) in [5.74, 6) is 0.769. The fraction of sp³-hybridized carbons (Fsp3) is 0.421. The molecule has 0 aliphatic heterocycles. The number of rotatable bonds is 12. The molecule has 0 radical (unpaired) electrons. The molecule has 0 atom stereocenters. The molecule has 0 aliphatic rings. The molecule has 2 rings (SSSR count). The van der Waals surface area contributed by atoms with E-state index in [0.29, 0.717) is 24.7 Å². The lowest BCUT2D eigenvalue weighted by Crippen LogP contribution is -2.26. The molecule has 1 aromatic heterocycles. The molecule has 162 valence electrons. The molecule has 0 fully saturated rings. The van der Waals surface area contributed by atoms with Crippen molar-refractivity contribution >= 4 is 23.9 Å². The van der Waals surface area contributed by atoms with Crippen molar-refractivity contribution in [3.05, 3.63) is 44.6 Å². The third kappa shape index (κ3) is 7.74. The second-order valence-corrected chi connectivity index (χ2v) is 7.05. The third-order valence-corrected chi connectivity index (χ3v) is 4.65. The third-order valence-electron chi connectivity index (χ3n) is 3.70. The first-order valence-corrected chi connectivity index (χ1v) is 10.5. The van der Waals surface area contributed by atoms with Gasteiger partial charge in [0.25, 0.3) is 5.56 Å². The van der Waals surface area contributed by atoms with E-state index in [1.165, 1.54) is 6.21 Å². The first-order valence-electron chi connectivity index (χ1n) is 9.56. The molecular weight excluding hydrogens is 410 g/mol. The highest BCUT2D eigenvalue weighted by molar-refractivity contribution is 7.99. The Balaban J connectivity index is 1.89. The van der Waals surface area contributed by atoms with E-state index in [1.54, 1.807) is 6.07 Å². The predicted octanol–water partition coefficient (Wildman–Crippen LogP) is 1.67. The molecule has 2 aromatic rings. The molecular formula is C19H25N5O5S. The summed E-state index contributed by atoms with van der Waals surface area (Å²) in [6.07, 6.45) is 4.70. The monoisotopic (exact) mass is 435 g/mol. The van der Waals surface area contributed by atoms with Crippen molar-refractivity contribution in [2.24, 2.45) is 5.10 Å². The van der Waals surface area contributed by atoms with Crippen LogP contribution in [0.4, 0.5) is 0 Å². The number of aromatic amines is 2. The summed E-state index contributed by atoms with van der Waals surface area (Å²) < 4.78 is 11.4. The molecule has 0 spiro atoms. The van der Waals surface area contributed by atoms with Crippen LogP contribution in [-0.2, 0) is 4.79 Å². The Bertz CT molecular complexity index is 972. The molecule has 0 unspecified atom stereocenters. The fourth-order valence-corrected chi connectivity index (χ4v) is 2.93. The topological polar surface area (TPSA) is 139 Å². The van der Waals surface area contributed by atoms with Crippen LogP contribution in [0.1, 0.15) is 38.7 Å². The number of hydrogen-bond donors (Lipinski definition) is 3. The SMILES string of the molecule is CCCCCOc1ccc(/C=N/NC(=O)CSc2n[nH]c(=O)[nH]c2=O)cc1OCC. The van der Waals surface area contributed by atoms with E-state index < -0.39 is 17.2 Å². The highest BCUT2D eigenvalue weighted by atomic mass is 32.2. The number of benzene rings is 1. The summed E-state index contributed by atoms with van der Waals surface area (Å²) >= 11 is 0.885. The normalized spacial score (nSPS) is 10.9. The van der Waals surface area contributed by atoms with Crippen molar-refractivity contribution in [3.8, 4) is 11.5 Å². The van der Waals surface area contributed by atoms with Gasteiger partial charge in [0.1, 0.15) is 0 Å². The number of hydrazone groups is 1. The lowest BCUT2D eigenvalue weighted by molar-refractivity contribution is -0.118. The Labute approximate surface area is 177 Å². The number of nitrogens with zero attached hydrogens (tertiary/aromatic N) is 2. The maximum atomic E-state index is 11.9. The zero-order chi connectivity index (χ0) is 21.8. The number of nitrogens with one attached hydrogen (secondary N) is 3. The first-order chi connectivity index (χ1) is 14.5. The highest BCUT2D eigenvalue weighted by Gasteiger charge is 2.08. The minimum atomic E-state index is -0.706. The van der Waals surface area contributed by atoms with Crippen molar-refractivity contribution in [2.45, 2.75) is 38.1 Å². The standard InChI is InChI=1S/C19H25N5O5S/c1-3-5-6-9-29-14-8-7-13(10-15(14)28-4-2)11-20-22-16(25)12-30-18-17(26)21-19(27)24-23-18/h7-8,10-11H,3-6,9,12H2,1-2H3,(H,22,25)(H2,21,24,26,27)/b20-11+. The number of thioether (sulfide) groups is 1. The number of ether oxygens (including phenoxy) is 2. The van der Waals surface area contributed by atoms with Crippen molar-refractivity contribution in [1.82, 2.24) is 20.6 Å². The number of H-pyrrole nitrogens is 2. The van der Waals surface area contributed by atoms with E-state index in [2.05, 4.69) is 27.6 Å². The summed E-state index contributed by atoms with van der Waals surface area (Å²) in [4.78, 5) is 36.4. The van der Waals surface area contributed by atoms with Gasteiger partial charge in [0, 0.05) is 0 Å².